The highest BCUT2D eigenvalue weighted by atomic mass is 79.9. The molecule has 1 heterocycles. The van der Waals surface area contributed by atoms with Crippen molar-refractivity contribution in [3.63, 3.8) is 0 Å². The van der Waals surface area contributed by atoms with E-state index in [9.17, 15) is 14.4 Å². The molecule has 0 spiro atoms. The van der Waals surface area contributed by atoms with Crippen molar-refractivity contribution < 1.29 is 14.4 Å². The molecule has 2 aromatic rings. The molecule has 5 rings (SSSR count). The Bertz CT molecular complexity index is 1120. The molecule has 0 radical (unpaired) electrons. The summed E-state index contributed by atoms with van der Waals surface area (Å²) in [6, 6.07) is 11.4. The monoisotopic (exact) mass is 532 g/mol. The fourth-order valence-electron chi connectivity index (χ4n) is 5.24. The summed E-state index contributed by atoms with van der Waals surface area (Å²) in [5.74, 6) is -1.11. The molecular weight excluding hydrogens is 515 g/mol. The molecule has 1 aliphatic heterocycles. The van der Waals surface area contributed by atoms with Crippen LogP contribution in [0, 0.1) is 23.7 Å². The number of nitrogens with one attached hydrogen (secondary N) is 1. The van der Waals surface area contributed by atoms with Crippen LogP contribution in [0.25, 0.3) is 0 Å². The average molecular weight is 534 g/mol. The third kappa shape index (κ3) is 3.68. The number of anilines is 1. The van der Waals surface area contributed by atoms with Gasteiger partial charge in [0.25, 0.3) is 0 Å². The van der Waals surface area contributed by atoms with Crippen molar-refractivity contribution in [1.82, 2.24) is 4.90 Å². The number of fused-ring (bicyclic) bond motifs is 5. The summed E-state index contributed by atoms with van der Waals surface area (Å²) in [5, 5.41) is 3.56. The highest BCUT2D eigenvalue weighted by molar-refractivity contribution is 9.10. The first kappa shape index (κ1) is 21.7. The first-order valence-corrected chi connectivity index (χ1v) is 11.9. The number of hydrogen-bond acceptors (Lipinski definition) is 3. The minimum absolute atomic E-state index is 0.0692. The van der Waals surface area contributed by atoms with E-state index in [2.05, 4.69) is 33.4 Å². The highest BCUT2D eigenvalue weighted by Crippen LogP contribution is 2.54. The van der Waals surface area contributed by atoms with E-state index in [1.807, 2.05) is 24.3 Å². The van der Waals surface area contributed by atoms with Crippen LogP contribution in [-0.4, -0.2) is 22.6 Å². The molecule has 164 valence electrons. The molecule has 5 nitrogen and oxygen atoms in total. The fraction of sp³-hybridized carbons (Fsp3) is 0.292. The van der Waals surface area contributed by atoms with Crippen LogP contribution >= 0.6 is 39.1 Å². The molecule has 2 bridgehead atoms. The Morgan fingerprint density at radius 1 is 1.03 bits per heavy atom. The van der Waals surface area contributed by atoms with Gasteiger partial charge in [0.2, 0.25) is 17.7 Å². The number of amides is 3. The van der Waals surface area contributed by atoms with Crippen molar-refractivity contribution in [2.24, 2.45) is 23.7 Å². The van der Waals surface area contributed by atoms with Crippen molar-refractivity contribution in [2.45, 2.75) is 18.9 Å². The van der Waals surface area contributed by atoms with Gasteiger partial charge in [-0.05, 0) is 54.2 Å². The molecule has 2 fully saturated rings. The lowest BCUT2D eigenvalue weighted by atomic mass is 9.85. The second-order valence-electron chi connectivity index (χ2n) is 8.49. The van der Waals surface area contributed by atoms with E-state index >= 15 is 0 Å². The summed E-state index contributed by atoms with van der Waals surface area (Å²) in [5.41, 5.74) is 1.15. The normalized spacial score (nSPS) is 26.5. The average Bonchev–Trinajstić information content (AvgIpc) is 3.43. The van der Waals surface area contributed by atoms with Crippen LogP contribution in [0.2, 0.25) is 10.0 Å². The van der Waals surface area contributed by atoms with Crippen molar-refractivity contribution >= 4 is 62.5 Å². The van der Waals surface area contributed by atoms with Crippen molar-refractivity contribution in [2.75, 3.05) is 5.32 Å². The zero-order valence-corrected chi connectivity index (χ0v) is 19.9. The minimum Gasteiger partial charge on any atom is -0.325 e. The molecule has 3 amide bonds. The van der Waals surface area contributed by atoms with Gasteiger partial charge in [0.1, 0.15) is 0 Å². The molecular formula is C24H19BrCl2N2O3. The zero-order valence-electron chi connectivity index (χ0n) is 16.8. The first-order valence-electron chi connectivity index (χ1n) is 10.4. The summed E-state index contributed by atoms with van der Waals surface area (Å²) in [7, 11) is 0. The van der Waals surface area contributed by atoms with Crippen LogP contribution < -0.4 is 5.32 Å². The number of imide groups is 1. The molecule has 1 saturated heterocycles. The zero-order chi connectivity index (χ0) is 22.6. The van der Waals surface area contributed by atoms with E-state index in [0.717, 1.165) is 16.5 Å². The molecule has 2 aromatic carbocycles. The smallest absolute Gasteiger partial charge is 0.234 e. The lowest BCUT2D eigenvalue weighted by Gasteiger charge is -2.28. The second-order valence-corrected chi connectivity index (χ2v) is 10.2. The van der Waals surface area contributed by atoms with Gasteiger partial charge in [-0.15, -0.1) is 0 Å². The topological polar surface area (TPSA) is 66.5 Å². The van der Waals surface area contributed by atoms with Gasteiger partial charge >= 0.3 is 0 Å². The Labute approximate surface area is 203 Å². The third-order valence-corrected chi connectivity index (χ3v) is 7.73. The van der Waals surface area contributed by atoms with Crippen molar-refractivity contribution in [3.8, 4) is 0 Å². The summed E-state index contributed by atoms with van der Waals surface area (Å²) >= 11 is 15.5. The van der Waals surface area contributed by atoms with Crippen LogP contribution in [0.4, 0.5) is 5.69 Å². The predicted octanol–water partition coefficient (Wildman–Crippen LogP) is 5.63. The quantitative estimate of drug-likeness (QED) is 0.400. The number of allylic oxidation sites excluding steroid dienone is 2. The van der Waals surface area contributed by atoms with Crippen LogP contribution in [0.15, 0.2) is 59.1 Å². The van der Waals surface area contributed by atoms with E-state index < -0.39 is 6.04 Å². The third-order valence-electron chi connectivity index (χ3n) is 6.65. The van der Waals surface area contributed by atoms with Gasteiger partial charge in [-0.1, -0.05) is 63.4 Å². The van der Waals surface area contributed by atoms with Crippen LogP contribution in [0.1, 0.15) is 24.4 Å². The second kappa shape index (κ2) is 8.32. The van der Waals surface area contributed by atoms with Crippen molar-refractivity contribution in [3.05, 3.63) is 74.7 Å². The van der Waals surface area contributed by atoms with Gasteiger partial charge in [-0.3, -0.25) is 19.3 Å². The Morgan fingerprint density at radius 2 is 1.66 bits per heavy atom. The number of carbonyl (C=O) groups excluding carboxylic acids is 3. The number of carbonyl (C=O) groups is 3. The molecule has 3 aliphatic rings. The summed E-state index contributed by atoms with van der Waals surface area (Å²) < 4.78 is 0.871. The number of hydrogen-bond donors (Lipinski definition) is 1. The maximum Gasteiger partial charge on any atom is 0.234 e. The van der Waals surface area contributed by atoms with E-state index in [1.54, 1.807) is 18.2 Å². The minimum atomic E-state index is -0.695. The number of nitrogens with zero attached hydrogens (tertiary/aromatic N) is 1. The summed E-state index contributed by atoms with van der Waals surface area (Å²) in [6.45, 7) is 0. The van der Waals surface area contributed by atoms with Crippen LogP contribution in [-0.2, 0) is 14.4 Å². The molecule has 8 heteroatoms. The van der Waals surface area contributed by atoms with Gasteiger partial charge in [0.15, 0.2) is 0 Å². The number of rotatable bonds is 5. The van der Waals surface area contributed by atoms with Gasteiger partial charge in [-0.25, -0.2) is 0 Å². The molecule has 0 aromatic heterocycles. The van der Waals surface area contributed by atoms with Crippen molar-refractivity contribution in [1.29, 1.82) is 0 Å². The molecule has 1 saturated carbocycles. The van der Waals surface area contributed by atoms with E-state index in [-0.39, 0.29) is 47.8 Å². The SMILES string of the molecule is O=C(CC(c1ccc(Br)cc1)N1C(=O)C2C3C=CC(C3)C2C1=O)Nc1ccc(Cl)cc1Cl. The molecule has 5 atom stereocenters. The Balaban J connectivity index is 1.44. The maximum absolute atomic E-state index is 13.4. The standard InChI is InChI=1S/C24H19BrCl2N2O3/c25-15-5-3-12(4-6-15)19(11-20(30)28-18-8-7-16(26)10-17(18)27)29-23(31)21-13-1-2-14(9-13)22(21)24(29)32/h1-8,10,13-14,19,21-22H,9,11H2,(H,28,30). The van der Waals surface area contributed by atoms with Gasteiger partial charge in [-0.2, -0.15) is 0 Å². The summed E-state index contributed by atoms with van der Waals surface area (Å²) in [6.07, 6.45) is 4.91. The fourth-order valence-corrected chi connectivity index (χ4v) is 5.96. The first-order chi connectivity index (χ1) is 15.3. The van der Waals surface area contributed by atoms with E-state index in [4.69, 9.17) is 23.2 Å². The van der Waals surface area contributed by atoms with Crippen LogP contribution in [0.3, 0.4) is 0 Å². The Morgan fingerprint density at radius 3 is 2.25 bits per heavy atom. The predicted molar refractivity (Wildman–Crippen MR) is 126 cm³/mol. The Hall–Kier alpha value is -2.15. The van der Waals surface area contributed by atoms with E-state index in [1.165, 1.54) is 4.90 Å². The molecule has 32 heavy (non-hydrogen) atoms. The number of likely N-dealkylation sites (tertiary alicyclic amines) is 1. The van der Waals surface area contributed by atoms with Crippen LogP contribution in [0.5, 0.6) is 0 Å². The number of benzene rings is 2. The largest absolute Gasteiger partial charge is 0.325 e. The van der Waals surface area contributed by atoms with Gasteiger partial charge in [0.05, 0.1) is 35.0 Å². The van der Waals surface area contributed by atoms with Gasteiger partial charge in [0, 0.05) is 9.50 Å². The van der Waals surface area contributed by atoms with E-state index in [0.29, 0.717) is 15.7 Å². The Kier molecular flexibility index (Phi) is 5.64. The maximum atomic E-state index is 13.4. The summed E-state index contributed by atoms with van der Waals surface area (Å²) in [4.78, 5) is 41.1. The molecule has 1 N–H and O–H groups in total. The number of halogens is 3. The lowest BCUT2D eigenvalue weighted by Crippen LogP contribution is -2.38. The molecule has 5 unspecified atom stereocenters. The molecule has 2 aliphatic carbocycles. The van der Waals surface area contributed by atoms with Gasteiger partial charge < -0.3 is 5.32 Å². The lowest BCUT2D eigenvalue weighted by molar-refractivity contribution is -0.144. The highest BCUT2D eigenvalue weighted by Gasteiger charge is 2.60.